The van der Waals surface area contributed by atoms with Gasteiger partial charge in [-0.2, -0.15) is 0 Å². The molecule has 76 valence electrons. The summed E-state index contributed by atoms with van der Waals surface area (Å²) in [6.45, 7) is 0. The second-order valence-corrected chi connectivity index (χ2v) is 2.75. The largest absolute Gasteiger partial charge is 2.00 e. The Bertz CT molecular complexity index is 168. The van der Waals surface area contributed by atoms with Crippen molar-refractivity contribution in [1.82, 2.24) is 0 Å². The maximum atomic E-state index is 8.98. The maximum absolute atomic E-state index is 8.98. The van der Waals surface area contributed by atoms with Crippen LogP contribution >= 0.6 is 0 Å². The molecule has 2 rings (SSSR count). The normalized spacial score (nSPS) is 22.1. The molecule has 0 bridgehead atoms. The molecule has 0 heterocycles. The fourth-order valence-electron chi connectivity index (χ4n) is 0.988. The molecule has 0 amide bonds. The van der Waals surface area contributed by atoms with Crippen molar-refractivity contribution in [3.05, 3.63) is 63.7 Å². The Morgan fingerprint density at radius 2 is 1.33 bits per heavy atom. The van der Waals surface area contributed by atoms with E-state index in [4.69, 9.17) is 11.5 Å². The van der Waals surface area contributed by atoms with Gasteiger partial charge in [0.05, 0.1) is 0 Å². The molecule has 2 aliphatic rings. The van der Waals surface area contributed by atoms with Gasteiger partial charge in [0.15, 0.2) is 0 Å². The van der Waals surface area contributed by atoms with Crippen molar-refractivity contribution in [3.8, 4) is 12.3 Å². The zero-order valence-corrected chi connectivity index (χ0v) is 9.26. The SMILES string of the molecule is C#CC(O)[C]1[CH][CH][CH][CH]1.[CH]1[CH][CH][CH][CH]1.[Fe+2]. The van der Waals surface area contributed by atoms with Crippen molar-refractivity contribution in [1.29, 1.82) is 0 Å². The Kier molecular flexibility index (Phi) is 9.30. The molecule has 10 radical (unpaired) electrons. The van der Waals surface area contributed by atoms with Crippen LogP contribution in [0, 0.1) is 76.0 Å². The van der Waals surface area contributed by atoms with Crippen LogP contribution in [0.15, 0.2) is 0 Å². The molecule has 15 heavy (non-hydrogen) atoms. The fraction of sp³-hybridized carbons (Fsp3) is 0.0769. The number of rotatable bonds is 1. The first kappa shape index (κ1) is 15.0. The van der Waals surface area contributed by atoms with Crippen molar-refractivity contribution < 1.29 is 22.2 Å². The molecule has 2 heteroatoms. The second kappa shape index (κ2) is 9.28. The third kappa shape index (κ3) is 6.25. The van der Waals surface area contributed by atoms with Gasteiger partial charge >= 0.3 is 17.1 Å². The van der Waals surface area contributed by atoms with Gasteiger partial charge in [-0.3, -0.25) is 0 Å². The van der Waals surface area contributed by atoms with E-state index in [1.807, 2.05) is 44.9 Å². The van der Waals surface area contributed by atoms with Gasteiger partial charge in [0.25, 0.3) is 0 Å². The predicted octanol–water partition coefficient (Wildman–Crippen LogP) is 1.40. The number of hydrogen-bond acceptors (Lipinski definition) is 1. The number of aliphatic hydroxyl groups excluding tert-OH is 1. The Balaban J connectivity index is 0.000000280. The number of hydrogen-bond donors (Lipinski definition) is 1. The molecule has 0 saturated heterocycles. The molecule has 0 aromatic rings. The first-order valence-corrected chi connectivity index (χ1v) is 4.37. The van der Waals surface area contributed by atoms with Gasteiger partial charge in [-0.1, -0.05) is 5.92 Å². The van der Waals surface area contributed by atoms with Gasteiger partial charge in [0, 0.05) is 5.92 Å². The van der Waals surface area contributed by atoms with Gasteiger partial charge in [-0.25, -0.2) is 0 Å². The van der Waals surface area contributed by atoms with Crippen LogP contribution in [-0.2, 0) is 17.1 Å². The molecule has 1 atom stereocenters. The minimum atomic E-state index is -0.736. The monoisotopic (exact) mass is 240 g/mol. The quantitative estimate of drug-likeness (QED) is 0.542. The Morgan fingerprint density at radius 3 is 1.67 bits per heavy atom. The molecule has 0 aromatic heterocycles. The van der Waals surface area contributed by atoms with E-state index in [-0.39, 0.29) is 17.1 Å². The first-order chi connectivity index (χ1) is 6.84. The van der Waals surface area contributed by atoms with E-state index in [0.29, 0.717) is 0 Å². The van der Waals surface area contributed by atoms with Crippen molar-refractivity contribution >= 4 is 0 Å². The summed E-state index contributed by atoms with van der Waals surface area (Å²) in [4.78, 5) is 0. The summed E-state index contributed by atoms with van der Waals surface area (Å²) in [6.07, 6.45) is 21.5. The van der Waals surface area contributed by atoms with E-state index in [0.717, 1.165) is 5.92 Å². The molecule has 2 aliphatic carbocycles. The Hall–Kier alpha value is 0.0395. The van der Waals surface area contributed by atoms with Crippen LogP contribution in [0.4, 0.5) is 0 Å². The molecule has 1 nitrogen and oxygen atoms in total. The molecular formula is C13H12FeO+2. The molecule has 0 spiro atoms. The number of terminal acetylenes is 1. The Morgan fingerprint density at radius 1 is 0.933 bits per heavy atom. The smallest absolute Gasteiger partial charge is 0.380 e. The van der Waals surface area contributed by atoms with Crippen LogP contribution in [-0.4, -0.2) is 11.2 Å². The van der Waals surface area contributed by atoms with Crippen molar-refractivity contribution in [3.63, 3.8) is 0 Å². The molecule has 2 fully saturated rings. The first-order valence-electron chi connectivity index (χ1n) is 4.37. The van der Waals surface area contributed by atoms with Crippen LogP contribution in [0.3, 0.4) is 0 Å². The summed E-state index contributed by atoms with van der Waals surface area (Å²) in [5.41, 5.74) is 0. The van der Waals surface area contributed by atoms with Crippen LogP contribution in [0.5, 0.6) is 0 Å². The van der Waals surface area contributed by atoms with Gasteiger partial charge in [-0.15, -0.1) is 6.42 Å². The van der Waals surface area contributed by atoms with Crippen LogP contribution in [0.25, 0.3) is 0 Å². The van der Waals surface area contributed by atoms with E-state index >= 15 is 0 Å². The van der Waals surface area contributed by atoms with Gasteiger partial charge in [0.2, 0.25) is 0 Å². The molecule has 1 N–H and O–H groups in total. The molecule has 2 saturated carbocycles. The summed E-state index contributed by atoms with van der Waals surface area (Å²) in [5.74, 6) is 3.01. The van der Waals surface area contributed by atoms with Crippen molar-refractivity contribution in [2.75, 3.05) is 0 Å². The average molecular weight is 240 g/mol. The average Bonchev–Trinajstić information content (AvgIpc) is 2.91. The van der Waals surface area contributed by atoms with Gasteiger partial charge < -0.3 is 5.11 Å². The van der Waals surface area contributed by atoms with Crippen LogP contribution < -0.4 is 0 Å². The molecular weight excluding hydrogens is 228 g/mol. The van der Waals surface area contributed by atoms with Crippen molar-refractivity contribution in [2.24, 2.45) is 0 Å². The summed E-state index contributed by atoms with van der Waals surface area (Å²) in [7, 11) is 0. The van der Waals surface area contributed by atoms with Gasteiger partial charge in [-0.05, 0) is 57.8 Å². The topological polar surface area (TPSA) is 20.2 Å². The second-order valence-electron chi connectivity index (χ2n) is 2.75. The minimum absolute atomic E-state index is 0. The zero-order valence-electron chi connectivity index (χ0n) is 8.15. The van der Waals surface area contributed by atoms with E-state index in [1.165, 1.54) is 0 Å². The van der Waals surface area contributed by atoms with Gasteiger partial charge in [0.1, 0.15) is 6.10 Å². The Labute approximate surface area is 105 Å². The summed E-state index contributed by atoms with van der Waals surface area (Å²) in [6, 6.07) is 0. The standard InChI is InChI=1S/C8H7O.C5H5.Fe/c1-2-8(9)7-5-3-4-6-7;1-2-4-5-3-1;/h1,3-6,8-9H;1-5H;/q;;+2. The minimum Gasteiger partial charge on any atom is -0.380 e. The molecule has 0 aromatic carbocycles. The van der Waals surface area contributed by atoms with E-state index in [2.05, 4.69) is 5.92 Å². The van der Waals surface area contributed by atoms with E-state index in [1.54, 1.807) is 12.8 Å². The third-order valence-corrected chi connectivity index (χ3v) is 1.72. The van der Waals surface area contributed by atoms with Crippen LogP contribution in [0.1, 0.15) is 0 Å². The number of aliphatic hydroxyl groups is 1. The van der Waals surface area contributed by atoms with Crippen molar-refractivity contribution in [2.45, 2.75) is 6.10 Å². The molecule has 1 unspecified atom stereocenters. The van der Waals surface area contributed by atoms with Crippen LogP contribution in [0.2, 0.25) is 0 Å². The predicted molar refractivity (Wildman–Crippen MR) is 56.8 cm³/mol. The maximum Gasteiger partial charge on any atom is 2.00 e. The van der Waals surface area contributed by atoms with E-state index < -0.39 is 6.10 Å². The zero-order chi connectivity index (χ0) is 10.2. The molecule has 0 aliphatic heterocycles. The van der Waals surface area contributed by atoms with E-state index in [9.17, 15) is 0 Å². The fourth-order valence-corrected chi connectivity index (χ4v) is 0.988. The summed E-state index contributed by atoms with van der Waals surface area (Å²) < 4.78 is 0. The summed E-state index contributed by atoms with van der Waals surface area (Å²) >= 11 is 0. The third-order valence-electron chi connectivity index (χ3n) is 1.72. The summed E-state index contributed by atoms with van der Waals surface area (Å²) in [5, 5.41) is 8.98.